The molecule has 3 aromatic rings. The minimum Gasteiger partial charge on any atom is -0.332 e. The lowest BCUT2D eigenvalue weighted by molar-refractivity contribution is -0.386. The molecule has 1 aliphatic heterocycles. The maximum atomic E-state index is 11.4. The van der Waals surface area contributed by atoms with Crippen LogP contribution in [0.25, 0.3) is 17.7 Å². The molecule has 0 aromatic carbocycles. The number of rotatable bonds is 4. The van der Waals surface area contributed by atoms with E-state index in [0.717, 1.165) is 17.7 Å². The van der Waals surface area contributed by atoms with Crippen LogP contribution in [0.3, 0.4) is 0 Å². The number of nitrogens with zero attached hydrogens (tertiary/aromatic N) is 5. The molecule has 0 spiro atoms. The molecule has 9 nitrogen and oxygen atoms in total. The lowest BCUT2D eigenvalue weighted by Gasteiger charge is -2.25. The second-order valence-corrected chi connectivity index (χ2v) is 6.55. The van der Waals surface area contributed by atoms with E-state index in [9.17, 15) is 10.1 Å². The molecule has 0 saturated carbocycles. The van der Waals surface area contributed by atoms with Crippen molar-refractivity contribution in [1.82, 2.24) is 25.4 Å². The number of aromatic nitrogens is 4. The van der Waals surface area contributed by atoms with E-state index in [1.54, 1.807) is 18.3 Å². The van der Waals surface area contributed by atoms with Gasteiger partial charge in [0.25, 0.3) is 11.6 Å². The summed E-state index contributed by atoms with van der Waals surface area (Å²) in [5, 5.41) is 18.7. The summed E-state index contributed by atoms with van der Waals surface area (Å²) in [5.74, 6) is 0.817. The average molecular weight is 378 g/mol. The highest BCUT2D eigenvalue weighted by molar-refractivity contribution is 5.51. The zero-order chi connectivity index (χ0) is 19.5. The normalized spacial score (nSPS) is 18.3. The Hall–Kier alpha value is -3.46. The molecule has 1 atom stereocenters. The summed E-state index contributed by atoms with van der Waals surface area (Å²) in [4.78, 5) is 24.0. The Morgan fingerprint density at radius 3 is 2.96 bits per heavy atom. The van der Waals surface area contributed by atoms with Gasteiger partial charge in [-0.1, -0.05) is 16.8 Å². The molecule has 9 heteroatoms. The lowest BCUT2D eigenvalue weighted by Crippen LogP contribution is -2.29. The Labute approximate surface area is 160 Å². The first-order chi connectivity index (χ1) is 13.6. The van der Waals surface area contributed by atoms with Crippen LogP contribution in [0.1, 0.15) is 36.1 Å². The van der Waals surface area contributed by atoms with Gasteiger partial charge in [0.1, 0.15) is 11.4 Å². The molecule has 3 aromatic heterocycles. The van der Waals surface area contributed by atoms with Crippen molar-refractivity contribution in [3.63, 3.8) is 0 Å². The van der Waals surface area contributed by atoms with Crippen molar-refractivity contribution >= 4 is 11.8 Å². The molecule has 142 valence electrons. The van der Waals surface area contributed by atoms with Crippen LogP contribution in [0.2, 0.25) is 0 Å². The van der Waals surface area contributed by atoms with Gasteiger partial charge in [0.15, 0.2) is 5.82 Å². The van der Waals surface area contributed by atoms with Gasteiger partial charge < -0.3 is 9.84 Å². The maximum Gasteiger partial charge on any atom is 0.292 e. The van der Waals surface area contributed by atoms with Gasteiger partial charge in [-0.15, -0.1) is 0 Å². The highest BCUT2D eigenvalue weighted by Gasteiger charge is 2.27. The van der Waals surface area contributed by atoms with Crippen molar-refractivity contribution in [2.75, 3.05) is 6.54 Å². The van der Waals surface area contributed by atoms with Crippen LogP contribution in [0.4, 0.5) is 5.69 Å². The number of hydrogen-bond donors (Lipinski definition) is 1. The predicted molar refractivity (Wildman–Crippen MR) is 101 cm³/mol. The summed E-state index contributed by atoms with van der Waals surface area (Å²) in [5.41, 5.74) is 2.92. The van der Waals surface area contributed by atoms with Crippen LogP contribution in [-0.2, 0) is 0 Å². The summed E-state index contributed by atoms with van der Waals surface area (Å²) >= 11 is 0. The average Bonchev–Trinajstić information content (AvgIpc) is 3.17. The summed E-state index contributed by atoms with van der Waals surface area (Å²) in [6.45, 7) is 2.51. The SMILES string of the molecule is Cc1ccc([N+](=O)[O-])c(C2C/C(=C/c3noc(-c4ccccn4)n3)CCN2)n1. The Bertz CT molecular complexity index is 1030. The van der Waals surface area contributed by atoms with E-state index in [1.807, 2.05) is 25.1 Å². The third-order valence-electron chi connectivity index (χ3n) is 4.53. The number of aryl methyl sites for hydroxylation is 1. The highest BCUT2D eigenvalue weighted by Crippen LogP contribution is 2.32. The molecule has 28 heavy (non-hydrogen) atoms. The van der Waals surface area contributed by atoms with Crippen LogP contribution in [0.15, 0.2) is 46.6 Å². The smallest absolute Gasteiger partial charge is 0.292 e. The van der Waals surface area contributed by atoms with Crippen molar-refractivity contribution in [2.45, 2.75) is 25.8 Å². The topological polar surface area (TPSA) is 120 Å². The summed E-state index contributed by atoms with van der Waals surface area (Å²) in [6, 6.07) is 8.39. The van der Waals surface area contributed by atoms with E-state index in [2.05, 4.69) is 25.4 Å². The van der Waals surface area contributed by atoms with Gasteiger partial charge in [-0.2, -0.15) is 4.98 Å². The standard InChI is InChI=1S/C19H18N6O3/c1-12-5-6-16(25(26)27)18(22-12)15-10-13(7-9-21-15)11-17-23-19(28-24-17)14-4-2-3-8-20-14/h2-6,8,11,15,21H,7,9-10H2,1H3/b13-11+. The number of nitrogens with one attached hydrogen (secondary N) is 1. The van der Waals surface area contributed by atoms with Gasteiger partial charge in [0.2, 0.25) is 0 Å². The number of hydrogen-bond acceptors (Lipinski definition) is 8. The van der Waals surface area contributed by atoms with E-state index >= 15 is 0 Å². The van der Waals surface area contributed by atoms with Crippen molar-refractivity contribution in [3.8, 4) is 11.6 Å². The van der Waals surface area contributed by atoms with Crippen molar-refractivity contribution in [1.29, 1.82) is 0 Å². The molecule has 1 N–H and O–H groups in total. The zero-order valence-electron chi connectivity index (χ0n) is 15.2. The van der Waals surface area contributed by atoms with Crippen LogP contribution in [-0.4, -0.2) is 31.6 Å². The molecule has 1 fully saturated rings. The minimum absolute atomic E-state index is 0.0290. The van der Waals surface area contributed by atoms with Crippen molar-refractivity contribution in [3.05, 3.63) is 69.4 Å². The first kappa shape index (κ1) is 17.9. The van der Waals surface area contributed by atoms with Crippen LogP contribution in [0, 0.1) is 17.0 Å². The van der Waals surface area contributed by atoms with Gasteiger partial charge in [-0.25, -0.2) is 4.98 Å². The third-order valence-corrected chi connectivity index (χ3v) is 4.53. The summed E-state index contributed by atoms with van der Waals surface area (Å²) < 4.78 is 5.28. The minimum atomic E-state index is -0.389. The van der Waals surface area contributed by atoms with Crippen LogP contribution >= 0.6 is 0 Å². The molecule has 0 radical (unpaired) electrons. The van der Waals surface area contributed by atoms with Crippen LogP contribution < -0.4 is 5.32 Å². The number of nitro groups is 1. The van der Waals surface area contributed by atoms with Crippen LogP contribution in [0.5, 0.6) is 0 Å². The van der Waals surface area contributed by atoms with E-state index < -0.39 is 0 Å². The van der Waals surface area contributed by atoms with E-state index in [0.29, 0.717) is 36.1 Å². The Morgan fingerprint density at radius 2 is 2.18 bits per heavy atom. The second kappa shape index (κ2) is 7.65. The molecule has 0 amide bonds. The van der Waals surface area contributed by atoms with Crippen molar-refractivity contribution < 1.29 is 9.45 Å². The fourth-order valence-electron chi connectivity index (χ4n) is 3.22. The molecule has 4 rings (SSSR count). The second-order valence-electron chi connectivity index (χ2n) is 6.55. The number of piperidine rings is 1. The van der Waals surface area contributed by atoms with Crippen molar-refractivity contribution in [2.24, 2.45) is 0 Å². The quantitative estimate of drug-likeness (QED) is 0.542. The maximum absolute atomic E-state index is 11.4. The molecular weight excluding hydrogens is 360 g/mol. The Morgan fingerprint density at radius 1 is 1.29 bits per heavy atom. The van der Waals surface area contributed by atoms with Gasteiger partial charge in [-0.05, 0) is 50.6 Å². The Kier molecular flexibility index (Phi) is 4.90. The molecule has 0 bridgehead atoms. The lowest BCUT2D eigenvalue weighted by atomic mass is 9.95. The van der Waals surface area contributed by atoms with E-state index in [-0.39, 0.29) is 16.7 Å². The number of pyridine rings is 2. The molecule has 4 heterocycles. The summed E-state index contributed by atoms with van der Waals surface area (Å²) in [7, 11) is 0. The largest absolute Gasteiger partial charge is 0.332 e. The molecule has 1 aliphatic rings. The van der Waals surface area contributed by atoms with Gasteiger partial charge in [-0.3, -0.25) is 15.1 Å². The fraction of sp³-hybridized carbons (Fsp3) is 0.263. The summed E-state index contributed by atoms with van der Waals surface area (Å²) in [6.07, 6.45) is 4.91. The van der Waals surface area contributed by atoms with E-state index in [1.165, 1.54) is 6.07 Å². The molecule has 0 aliphatic carbocycles. The molecule has 1 saturated heterocycles. The monoisotopic (exact) mass is 378 g/mol. The van der Waals surface area contributed by atoms with Gasteiger partial charge in [0, 0.05) is 18.0 Å². The first-order valence-corrected chi connectivity index (χ1v) is 8.90. The highest BCUT2D eigenvalue weighted by atomic mass is 16.6. The predicted octanol–water partition coefficient (Wildman–Crippen LogP) is 3.25. The van der Waals surface area contributed by atoms with Gasteiger partial charge in [0.05, 0.1) is 11.0 Å². The molecular formula is C19H18N6O3. The van der Waals surface area contributed by atoms with E-state index in [4.69, 9.17) is 4.52 Å². The Balaban J connectivity index is 1.57. The fourth-order valence-corrected chi connectivity index (χ4v) is 3.22. The zero-order valence-corrected chi connectivity index (χ0v) is 15.2. The van der Waals surface area contributed by atoms with Gasteiger partial charge >= 0.3 is 0 Å². The molecule has 1 unspecified atom stereocenters. The first-order valence-electron chi connectivity index (χ1n) is 8.90. The third kappa shape index (κ3) is 3.79.